The Balaban J connectivity index is 0.000000352. The number of carbonyl (C=O) groups excluding carboxylic acids is 3. The van der Waals surface area contributed by atoms with E-state index >= 15 is 0 Å². The van der Waals surface area contributed by atoms with Crippen LogP contribution in [0.3, 0.4) is 0 Å². The molecule has 0 amide bonds. The second-order valence-electron chi connectivity index (χ2n) is 5.57. The molecule has 0 radical (unpaired) electrons. The molecule has 2 aromatic rings. The van der Waals surface area contributed by atoms with E-state index in [1.54, 1.807) is 30.3 Å². The lowest BCUT2D eigenvalue weighted by atomic mass is 10.4. The van der Waals surface area contributed by atoms with E-state index in [9.17, 15) is 14.4 Å². The van der Waals surface area contributed by atoms with Gasteiger partial charge in [0.05, 0.1) is 5.19 Å². The van der Waals surface area contributed by atoms with Crippen LogP contribution in [-0.2, 0) is 27.7 Å². The highest BCUT2D eigenvalue weighted by molar-refractivity contribution is 7.69. The molecule has 0 fully saturated rings. The lowest BCUT2D eigenvalue weighted by Gasteiger charge is -2.26. The fraction of sp³-hybridized carbons (Fsp3) is 0.167. The van der Waals surface area contributed by atoms with Gasteiger partial charge in [0, 0.05) is 20.8 Å². The summed E-state index contributed by atoms with van der Waals surface area (Å²) in [5.41, 5.74) is 0. The molecule has 0 aliphatic carbocycles. The van der Waals surface area contributed by atoms with E-state index in [0.717, 1.165) is 26.0 Å². The Bertz CT molecular complexity index is 788. The lowest BCUT2D eigenvalue weighted by Crippen LogP contribution is -2.59. The van der Waals surface area contributed by atoms with Crippen molar-refractivity contribution in [1.82, 2.24) is 0 Å². The zero-order chi connectivity index (χ0) is 22.1. The fourth-order valence-electron chi connectivity index (χ4n) is 2.08. The van der Waals surface area contributed by atoms with Crippen LogP contribution in [0.25, 0.3) is 0 Å². The molecular weight excluding hydrogens is 475 g/mol. The molecule has 156 valence electrons. The van der Waals surface area contributed by atoms with Gasteiger partial charge in [-0.1, -0.05) is 60.7 Å². The summed E-state index contributed by atoms with van der Waals surface area (Å²) in [6.07, 6.45) is 0. The number of rotatable bonds is 5. The Kier molecular flexibility index (Phi) is 9.87. The van der Waals surface area contributed by atoms with Crippen molar-refractivity contribution in [3.05, 3.63) is 60.7 Å². The van der Waals surface area contributed by atoms with E-state index in [2.05, 4.69) is 0 Å². The number of hydrogen-bond donors (Lipinski definition) is 0. The first kappa shape index (κ1) is 25.2. The van der Waals surface area contributed by atoms with Crippen molar-refractivity contribution in [2.24, 2.45) is 0 Å². The van der Waals surface area contributed by atoms with Crippen LogP contribution in [0.2, 0.25) is 0 Å². The van der Waals surface area contributed by atoms with E-state index in [4.69, 9.17) is 46.5 Å². The third-order valence-electron chi connectivity index (χ3n) is 3.06. The van der Waals surface area contributed by atoms with Crippen LogP contribution in [0, 0.1) is 0 Å². The molecule has 0 aliphatic rings. The first-order valence-corrected chi connectivity index (χ1v) is 15.0. The highest BCUT2D eigenvalue weighted by Gasteiger charge is 2.54. The smallest absolute Gasteiger partial charge is 0.452 e. The molecule has 0 spiro atoms. The van der Waals surface area contributed by atoms with E-state index in [0.29, 0.717) is 5.19 Å². The number of halogens is 3. The molecule has 29 heavy (non-hydrogen) atoms. The van der Waals surface area contributed by atoms with Crippen molar-refractivity contribution in [2.75, 3.05) is 0 Å². The van der Waals surface area contributed by atoms with Crippen molar-refractivity contribution >= 4 is 76.3 Å². The molecule has 0 saturated heterocycles. The monoisotopic (exact) mass is 492 g/mol. The minimum Gasteiger partial charge on any atom is -0.452 e. The zero-order valence-corrected chi connectivity index (χ0v) is 20.1. The van der Waals surface area contributed by atoms with Gasteiger partial charge in [-0.25, -0.2) is 0 Å². The third kappa shape index (κ3) is 9.01. The van der Waals surface area contributed by atoms with Gasteiger partial charge in [0.15, 0.2) is 0 Å². The molecule has 0 unspecified atom stereocenters. The van der Waals surface area contributed by atoms with Crippen molar-refractivity contribution in [1.29, 1.82) is 0 Å². The minimum absolute atomic E-state index is 0.357. The molecular formula is C18H19Cl3O6Si2. The SMILES string of the molecule is CC(=O)O[Si](OC(C)=O)(OC(C)=O)c1ccccc1.Cl[Si](Cl)(Cl)c1ccccc1. The molecule has 6 nitrogen and oxygen atoms in total. The van der Waals surface area contributed by atoms with Crippen LogP contribution in [0.1, 0.15) is 20.8 Å². The van der Waals surface area contributed by atoms with Crippen LogP contribution in [0.15, 0.2) is 60.7 Å². The molecule has 2 rings (SSSR count). The fourth-order valence-corrected chi connectivity index (χ4v) is 6.00. The quantitative estimate of drug-likeness (QED) is 0.470. The minimum atomic E-state index is -3.91. The van der Waals surface area contributed by atoms with Gasteiger partial charge in [-0.05, 0) is 5.19 Å². The number of benzene rings is 2. The summed E-state index contributed by atoms with van der Waals surface area (Å²) in [6, 6.07) is 14.9. The highest BCUT2D eigenvalue weighted by atomic mass is 35.8. The van der Waals surface area contributed by atoms with Gasteiger partial charge < -0.3 is 13.3 Å². The van der Waals surface area contributed by atoms with Gasteiger partial charge in [0.1, 0.15) is 0 Å². The summed E-state index contributed by atoms with van der Waals surface area (Å²) >= 11 is 17.2. The van der Waals surface area contributed by atoms with Gasteiger partial charge >= 0.3 is 14.8 Å². The molecule has 0 aromatic heterocycles. The van der Waals surface area contributed by atoms with Gasteiger partial charge in [-0.15, -0.1) is 33.2 Å². The van der Waals surface area contributed by atoms with E-state index in [1.807, 2.05) is 30.3 Å². The summed E-state index contributed by atoms with van der Waals surface area (Å²) < 4.78 is 15.2. The highest BCUT2D eigenvalue weighted by Crippen LogP contribution is 2.18. The van der Waals surface area contributed by atoms with Gasteiger partial charge in [-0.3, -0.25) is 14.4 Å². The second kappa shape index (κ2) is 11.4. The molecule has 0 N–H and O–H groups in total. The van der Waals surface area contributed by atoms with E-state index in [-0.39, 0.29) is 0 Å². The largest absolute Gasteiger partial charge is 0.742 e. The maximum atomic E-state index is 11.2. The third-order valence-corrected chi connectivity index (χ3v) is 8.72. The normalized spacial score (nSPS) is 10.8. The van der Waals surface area contributed by atoms with Gasteiger partial charge in [0.25, 0.3) is 17.9 Å². The lowest BCUT2D eigenvalue weighted by molar-refractivity contribution is -0.146. The van der Waals surface area contributed by atoms with Crippen molar-refractivity contribution in [2.45, 2.75) is 20.8 Å². The van der Waals surface area contributed by atoms with Crippen LogP contribution in [0.4, 0.5) is 0 Å². The summed E-state index contributed by atoms with van der Waals surface area (Å²) in [5.74, 6) is -2.09. The topological polar surface area (TPSA) is 78.9 Å². The van der Waals surface area contributed by atoms with Crippen LogP contribution >= 0.6 is 33.2 Å². The van der Waals surface area contributed by atoms with Gasteiger partial charge in [-0.2, -0.15) is 0 Å². The van der Waals surface area contributed by atoms with Crippen LogP contribution < -0.4 is 10.4 Å². The second-order valence-corrected chi connectivity index (χ2v) is 16.3. The first-order valence-electron chi connectivity index (χ1n) is 8.23. The standard InChI is InChI=1S/C12H14O6Si.C6H5Cl3Si/c1-9(13)16-19(17-10(2)14,18-11(3)15)12-7-5-4-6-8-12;7-10(8,9)6-4-2-1-3-5-6/h4-8H,1-3H3;1-5H. The Morgan fingerprint density at radius 1 is 0.621 bits per heavy atom. The predicted octanol–water partition coefficient (Wildman–Crippen LogP) is 3.07. The van der Waals surface area contributed by atoms with Gasteiger partial charge in [0.2, 0.25) is 0 Å². The molecule has 0 saturated carbocycles. The summed E-state index contributed by atoms with van der Waals surface area (Å²) in [7, 11) is -3.91. The maximum absolute atomic E-state index is 11.2. The van der Waals surface area contributed by atoms with Crippen LogP contribution in [0.5, 0.6) is 0 Å². The molecule has 0 heterocycles. The molecule has 11 heteroatoms. The van der Waals surface area contributed by atoms with Crippen molar-refractivity contribution in [3.63, 3.8) is 0 Å². The zero-order valence-electron chi connectivity index (χ0n) is 15.9. The average Bonchev–Trinajstić information content (AvgIpc) is 2.61. The molecule has 0 bridgehead atoms. The van der Waals surface area contributed by atoms with E-state index < -0.39 is 32.7 Å². The maximum Gasteiger partial charge on any atom is 0.742 e. The Hall–Kier alpha value is -1.85. The Labute approximate surface area is 185 Å². The van der Waals surface area contributed by atoms with Crippen LogP contribution in [-0.4, -0.2) is 32.7 Å². The number of hydrogen-bond acceptors (Lipinski definition) is 6. The first-order chi connectivity index (χ1) is 13.5. The van der Waals surface area contributed by atoms with E-state index in [1.165, 1.54) is 0 Å². The average molecular weight is 494 g/mol. The Morgan fingerprint density at radius 2 is 0.931 bits per heavy atom. The molecule has 2 aromatic carbocycles. The summed E-state index contributed by atoms with van der Waals surface area (Å²) in [6.45, 7) is 3.45. The number of carbonyl (C=O) groups is 3. The van der Waals surface area contributed by atoms with Crippen molar-refractivity contribution < 1.29 is 27.7 Å². The predicted molar refractivity (Wildman–Crippen MR) is 117 cm³/mol. The summed E-state index contributed by atoms with van der Waals surface area (Å²) in [5, 5.41) is 1.19. The Morgan fingerprint density at radius 3 is 1.17 bits per heavy atom. The molecule has 0 atom stereocenters. The summed E-state index contributed by atoms with van der Waals surface area (Å²) in [4.78, 5) is 33.7. The molecule has 0 aliphatic heterocycles. The van der Waals surface area contributed by atoms with Crippen molar-refractivity contribution in [3.8, 4) is 0 Å².